The molecule has 0 aromatic carbocycles. The molecule has 0 rings (SSSR count). The van der Waals surface area contributed by atoms with Crippen LogP contribution in [-0.2, 0) is 4.79 Å². The van der Waals surface area contributed by atoms with Crippen molar-refractivity contribution >= 4 is 17.9 Å². The third-order valence-electron chi connectivity index (χ3n) is 3.46. The molecule has 2 heteroatoms. The maximum atomic E-state index is 10.1. The van der Waals surface area contributed by atoms with E-state index >= 15 is 0 Å². The van der Waals surface area contributed by atoms with E-state index in [9.17, 15) is 4.79 Å². The van der Waals surface area contributed by atoms with Crippen LogP contribution in [0.15, 0.2) is 0 Å². The zero-order chi connectivity index (χ0) is 13.3. The molecule has 0 fully saturated rings. The van der Waals surface area contributed by atoms with Crippen molar-refractivity contribution in [2.45, 2.75) is 89.9 Å². The third-order valence-corrected chi connectivity index (χ3v) is 3.72. The molecule has 0 aliphatic rings. The Hall–Kier alpha value is -0.0400. The van der Waals surface area contributed by atoms with Gasteiger partial charge in [-0.25, -0.2) is 0 Å². The minimum Gasteiger partial charge on any atom is -0.303 e. The second-order valence-corrected chi connectivity index (χ2v) is 5.62. The van der Waals surface area contributed by atoms with Gasteiger partial charge >= 0.3 is 0 Å². The summed E-state index contributed by atoms with van der Waals surface area (Å²) < 4.78 is 0. The van der Waals surface area contributed by atoms with Gasteiger partial charge in [-0.3, -0.25) is 0 Å². The molecule has 0 bridgehead atoms. The van der Waals surface area contributed by atoms with Crippen LogP contribution in [0.5, 0.6) is 0 Å². The Bertz CT molecular complexity index is 159. The van der Waals surface area contributed by atoms with Crippen molar-refractivity contribution in [2.24, 2.45) is 0 Å². The second kappa shape index (κ2) is 17.0. The second-order valence-electron chi connectivity index (χ2n) is 5.24. The Kier molecular flexibility index (Phi) is 16.9. The quantitative estimate of drug-likeness (QED) is 0.207. The van der Waals surface area contributed by atoms with Crippen molar-refractivity contribution in [3.8, 4) is 0 Å². The van der Waals surface area contributed by atoms with Crippen LogP contribution in [0.3, 0.4) is 0 Å². The number of rotatable bonds is 15. The first-order chi connectivity index (χ1) is 8.91. The number of aldehydes is 1. The summed E-state index contributed by atoms with van der Waals surface area (Å²) in [6.07, 6.45) is 19.0. The molecule has 1 nitrogen and oxygen atoms in total. The monoisotopic (exact) mass is 274 g/mol. The van der Waals surface area contributed by atoms with Crippen LogP contribution in [0, 0.1) is 0 Å². The van der Waals surface area contributed by atoms with Gasteiger partial charge in [-0.05, 0) is 12.8 Å². The Balaban J connectivity index is 2.88. The summed E-state index contributed by atoms with van der Waals surface area (Å²) in [6.45, 7) is 0. The number of alkyl halides is 1. The van der Waals surface area contributed by atoms with Gasteiger partial charge in [-0.15, -0.1) is 11.6 Å². The average molecular weight is 275 g/mol. The highest BCUT2D eigenvalue weighted by atomic mass is 35.5. The average Bonchev–Trinajstić information content (AvgIpc) is 2.39. The number of halogens is 1. The van der Waals surface area contributed by atoms with Crippen LogP contribution < -0.4 is 0 Å². The molecule has 0 saturated heterocycles. The van der Waals surface area contributed by atoms with E-state index in [0.29, 0.717) is 0 Å². The lowest BCUT2D eigenvalue weighted by Gasteiger charge is -2.02. The van der Waals surface area contributed by atoms with E-state index in [4.69, 9.17) is 11.6 Å². The van der Waals surface area contributed by atoms with E-state index < -0.39 is 0 Å². The van der Waals surface area contributed by atoms with Crippen LogP contribution in [0.2, 0.25) is 0 Å². The van der Waals surface area contributed by atoms with E-state index in [1.807, 2.05) is 0 Å². The summed E-state index contributed by atoms with van der Waals surface area (Å²) in [5, 5.41) is 0. The fourth-order valence-electron chi connectivity index (χ4n) is 2.27. The van der Waals surface area contributed by atoms with Crippen molar-refractivity contribution in [3.63, 3.8) is 0 Å². The largest absolute Gasteiger partial charge is 0.303 e. The Morgan fingerprint density at radius 1 is 0.556 bits per heavy atom. The summed E-state index contributed by atoms with van der Waals surface area (Å²) in [5.41, 5.74) is 0. The van der Waals surface area contributed by atoms with E-state index in [-0.39, 0.29) is 0 Å². The predicted molar refractivity (Wildman–Crippen MR) is 81.4 cm³/mol. The molecular weight excluding hydrogens is 244 g/mol. The number of hydrogen-bond acceptors (Lipinski definition) is 1. The smallest absolute Gasteiger partial charge is 0.119 e. The van der Waals surface area contributed by atoms with Gasteiger partial charge in [0.05, 0.1) is 0 Å². The molecule has 18 heavy (non-hydrogen) atoms. The number of hydrogen-bond donors (Lipinski definition) is 0. The number of carbonyl (C=O) groups is 1. The van der Waals surface area contributed by atoms with Crippen molar-refractivity contribution in [2.75, 3.05) is 5.88 Å². The van der Waals surface area contributed by atoms with E-state index in [2.05, 4.69) is 0 Å². The normalized spacial score (nSPS) is 10.7. The van der Waals surface area contributed by atoms with Gasteiger partial charge in [0.25, 0.3) is 0 Å². The van der Waals surface area contributed by atoms with Crippen molar-refractivity contribution in [1.29, 1.82) is 0 Å². The lowest BCUT2D eigenvalue weighted by molar-refractivity contribution is -0.107. The molecule has 0 aliphatic heterocycles. The molecule has 0 aromatic rings. The van der Waals surface area contributed by atoms with E-state index in [1.165, 1.54) is 77.0 Å². The molecule has 0 atom stereocenters. The minimum atomic E-state index is 0.754. The summed E-state index contributed by atoms with van der Waals surface area (Å²) in [4.78, 5) is 10.1. The first-order valence-electron chi connectivity index (χ1n) is 7.91. The molecule has 0 N–H and O–H groups in total. The predicted octanol–water partition coefficient (Wildman–Crippen LogP) is 5.89. The third kappa shape index (κ3) is 16.0. The maximum absolute atomic E-state index is 10.1. The van der Waals surface area contributed by atoms with Crippen molar-refractivity contribution in [1.82, 2.24) is 0 Å². The molecule has 0 aliphatic carbocycles. The lowest BCUT2D eigenvalue weighted by Crippen LogP contribution is -1.83. The first kappa shape index (κ1) is 18.0. The number of carbonyl (C=O) groups excluding carboxylic acids is 1. The summed E-state index contributed by atoms with van der Waals surface area (Å²) >= 11 is 5.64. The molecular formula is C16H31ClO. The fraction of sp³-hybridized carbons (Fsp3) is 0.938. The summed E-state index contributed by atoms with van der Waals surface area (Å²) in [6, 6.07) is 0. The highest BCUT2D eigenvalue weighted by Crippen LogP contribution is 2.12. The summed E-state index contributed by atoms with van der Waals surface area (Å²) in [5.74, 6) is 0.826. The van der Waals surface area contributed by atoms with E-state index in [1.54, 1.807) is 0 Å². The van der Waals surface area contributed by atoms with Gasteiger partial charge in [0.2, 0.25) is 0 Å². The molecule has 0 saturated carbocycles. The molecule has 108 valence electrons. The highest BCUT2D eigenvalue weighted by molar-refractivity contribution is 6.17. The Labute approximate surface area is 119 Å². The minimum absolute atomic E-state index is 0.754. The van der Waals surface area contributed by atoms with Gasteiger partial charge in [-0.1, -0.05) is 70.6 Å². The molecule has 0 amide bonds. The van der Waals surface area contributed by atoms with Gasteiger partial charge in [0, 0.05) is 12.3 Å². The zero-order valence-corrected chi connectivity index (χ0v) is 12.7. The van der Waals surface area contributed by atoms with Crippen molar-refractivity contribution in [3.05, 3.63) is 0 Å². The van der Waals surface area contributed by atoms with Crippen LogP contribution in [-0.4, -0.2) is 12.2 Å². The van der Waals surface area contributed by atoms with Crippen LogP contribution in [0.1, 0.15) is 89.9 Å². The fourth-order valence-corrected chi connectivity index (χ4v) is 2.46. The Morgan fingerprint density at radius 2 is 0.889 bits per heavy atom. The van der Waals surface area contributed by atoms with Crippen LogP contribution in [0.4, 0.5) is 0 Å². The SMILES string of the molecule is O=CCCCCCCCCCCCCCCCCl. The van der Waals surface area contributed by atoms with Gasteiger partial charge < -0.3 is 4.79 Å². The van der Waals surface area contributed by atoms with Crippen molar-refractivity contribution < 1.29 is 4.79 Å². The first-order valence-corrected chi connectivity index (χ1v) is 8.45. The van der Waals surface area contributed by atoms with Crippen LogP contribution >= 0.6 is 11.6 Å². The van der Waals surface area contributed by atoms with Gasteiger partial charge in [0.15, 0.2) is 0 Å². The topological polar surface area (TPSA) is 17.1 Å². The summed E-state index contributed by atoms with van der Waals surface area (Å²) in [7, 11) is 0. The zero-order valence-electron chi connectivity index (χ0n) is 12.0. The molecule has 0 aromatic heterocycles. The molecule has 0 radical (unpaired) electrons. The maximum Gasteiger partial charge on any atom is 0.119 e. The van der Waals surface area contributed by atoms with Gasteiger partial charge in [0.1, 0.15) is 6.29 Å². The molecule has 0 spiro atoms. The standard InChI is InChI=1S/C16H31ClO/c17-15-13-11-9-7-5-3-1-2-4-6-8-10-12-14-16-18/h16H,1-15H2. The van der Waals surface area contributed by atoms with Crippen LogP contribution in [0.25, 0.3) is 0 Å². The highest BCUT2D eigenvalue weighted by Gasteiger charge is 1.93. The van der Waals surface area contributed by atoms with Gasteiger partial charge in [-0.2, -0.15) is 0 Å². The lowest BCUT2D eigenvalue weighted by atomic mass is 10.0. The molecule has 0 unspecified atom stereocenters. The molecule has 0 heterocycles. The van der Waals surface area contributed by atoms with E-state index in [0.717, 1.165) is 25.0 Å². The Morgan fingerprint density at radius 3 is 1.22 bits per heavy atom. The number of unbranched alkanes of at least 4 members (excludes halogenated alkanes) is 13.